The molecule has 2 aromatic carbocycles. The fourth-order valence-corrected chi connectivity index (χ4v) is 3.37. The number of aliphatic hydroxyl groups is 1. The summed E-state index contributed by atoms with van der Waals surface area (Å²) in [5, 5.41) is 16.5. The van der Waals surface area contributed by atoms with E-state index in [1.165, 1.54) is 12.1 Å². The summed E-state index contributed by atoms with van der Waals surface area (Å²) in [6.07, 6.45) is 0. The molecule has 0 bridgehead atoms. The summed E-state index contributed by atoms with van der Waals surface area (Å²) >= 11 is 0. The number of aryl methyl sites for hydroxylation is 1. The molecule has 1 atom stereocenters. The number of halogens is 3. The number of fused-ring (bicyclic) bond motifs is 1. The van der Waals surface area contributed by atoms with Crippen LogP contribution in [0.4, 0.5) is 30.4 Å². The second-order valence-corrected chi connectivity index (χ2v) is 8.03. The Labute approximate surface area is 178 Å². The number of anilines is 3. The van der Waals surface area contributed by atoms with Gasteiger partial charge >= 0.3 is 5.92 Å². The number of benzene rings is 2. The predicted molar refractivity (Wildman–Crippen MR) is 117 cm³/mol. The summed E-state index contributed by atoms with van der Waals surface area (Å²) in [6, 6.07) is 6.51. The van der Waals surface area contributed by atoms with Gasteiger partial charge in [0.1, 0.15) is 23.1 Å². The summed E-state index contributed by atoms with van der Waals surface area (Å²) < 4.78 is 44.4. The molecule has 0 spiro atoms. The first-order valence-corrected chi connectivity index (χ1v) is 9.78. The fourth-order valence-electron chi connectivity index (χ4n) is 3.37. The van der Waals surface area contributed by atoms with Crippen LogP contribution in [0.15, 0.2) is 30.3 Å². The Kier molecular flexibility index (Phi) is 5.75. The number of nitrogens with two attached hydrogens (primary N) is 1. The molecule has 0 unspecified atom stereocenters. The second kappa shape index (κ2) is 7.88. The van der Waals surface area contributed by atoms with Crippen LogP contribution in [0.2, 0.25) is 0 Å². The van der Waals surface area contributed by atoms with E-state index >= 15 is 4.39 Å². The maximum Gasteiger partial charge on any atom is 0.303 e. The summed E-state index contributed by atoms with van der Waals surface area (Å²) in [5.74, 6) is -3.97. The van der Waals surface area contributed by atoms with Gasteiger partial charge in [0, 0.05) is 18.0 Å². The molecule has 166 valence electrons. The molecule has 0 amide bonds. The number of nitrogens with one attached hydrogen (secondary N) is 2. The van der Waals surface area contributed by atoms with E-state index in [1.807, 2.05) is 0 Å². The van der Waals surface area contributed by atoms with Crippen molar-refractivity contribution in [2.45, 2.75) is 45.3 Å². The van der Waals surface area contributed by atoms with Crippen LogP contribution in [-0.2, 0) is 5.92 Å². The minimum Gasteiger partial charge on any atom is -0.397 e. The first-order chi connectivity index (χ1) is 14.4. The van der Waals surface area contributed by atoms with Crippen molar-refractivity contribution in [3.63, 3.8) is 0 Å². The Bertz CT molecular complexity index is 1130. The van der Waals surface area contributed by atoms with E-state index in [-0.39, 0.29) is 5.56 Å². The van der Waals surface area contributed by atoms with Crippen molar-refractivity contribution in [1.82, 2.24) is 9.97 Å². The van der Waals surface area contributed by atoms with Crippen LogP contribution in [0.5, 0.6) is 0 Å². The Morgan fingerprint density at radius 2 is 1.84 bits per heavy atom. The molecule has 31 heavy (non-hydrogen) atoms. The van der Waals surface area contributed by atoms with Crippen molar-refractivity contribution in [2.24, 2.45) is 0 Å². The second-order valence-electron chi connectivity index (χ2n) is 8.03. The van der Waals surface area contributed by atoms with Gasteiger partial charge in [-0.3, -0.25) is 0 Å². The molecular weight excluding hydrogens is 407 g/mol. The molecule has 0 saturated heterocycles. The molecule has 0 aliphatic heterocycles. The van der Waals surface area contributed by atoms with Gasteiger partial charge in [-0.15, -0.1) is 0 Å². The number of rotatable bonds is 6. The summed E-state index contributed by atoms with van der Waals surface area (Å²) in [4.78, 5) is 8.80. The lowest BCUT2D eigenvalue weighted by molar-refractivity contribution is -0.170. The van der Waals surface area contributed by atoms with Crippen LogP contribution in [0.1, 0.15) is 43.8 Å². The fraction of sp³-hybridized carbons (Fsp3) is 0.364. The minimum absolute atomic E-state index is 0.0191. The highest BCUT2D eigenvalue weighted by Crippen LogP contribution is 2.41. The molecule has 0 saturated carbocycles. The molecule has 0 fully saturated rings. The third kappa shape index (κ3) is 4.10. The van der Waals surface area contributed by atoms with Crippen LogP contribution < -0.4 is 16.4 Å². The lowest BCUT2D eigenvalue weighted by Crippen LogP contribution is -2.41. The number of nitrogens with zero attached hydrogens (tertiary/aromatic N) is 2. The van der Waals surface area contributed by atoms with Crippen LogP contribution in [0, 0.1) is 12.7 Å². The third-order valence-electron chi connectivity index (χ3n) is 5.20. The average molecular weight is 433 g/mol. The quantitative estimate of drug-likeness (QED) is 0.420. The highest BCUT2D eigenvalue weighted by atomic mass is 19.3. The largest absolute Gasteiger partial charge is 0.397 e. The van der Waals surface area contributed by atoms with Crippen LogP contribution in [0.25, 0.3) is 10.9 Å². The van der Waals surface area contributed by atoms with Gasteiger partial charge in [-0.05, 0) is 45.9 Å². The number of hydrogen-bond acceptors (Lipinski definition) is 6. The van der Waals surface area contributed by atoms with Gasteiger partial charge in [-0.2, -0.15) is 8.78 Å². The molecule has 0 aliphatic carbocycles. The van der Waals surface area contributed by atoms with Gasteiger partial charge in [0.25, 0.3) is 0 Å². The zero-order chi connectivity index (χ0) is 23.1. The minimum atomic E-state index is -3.77. The summed E-state index contributed by atoms with van der Waals surface area (Å²) in [5.41, 5.74) is 4.61. The molecule has 0 aliphatic rings. The van der Waals surface area contributed by atoms with Crippen molar-refractivity contribution >= 4 is 28.1 Å². The van der Waals surface area contributed by atoms with Crippen molar-refractivity contribution in [3.8, 4) is 0 Å². The van der Waals surface area contributed by atoms with E-state index in [1.54, 1.807) is 33.0 Å². The lowest BCUT2D eigenvalue weighted by Gasteiger charge is -2.30. The Hall–Kier alpha value is -3.07. The molecule has 9 heteroatoms. The van der Waals surface area contributed by atoms with Gasteiger partial charge in [-0.25, -0.2) is 14.4 Å². The summed E-state index contributed by atoms with van der Waals surface area (Å²) in [6.45, 7) is 5.25. The normalized spacial score (nSPS) is 13.3. The molecule has 6 nitrogen and oxygen atoms in total. The number of nitrogen functional groups attached to an aromatic ring is 1. The zero-order valence-corrected chi connectivity index (χ0v) is 18.0. The standard InChI is InChI=1S/C22H26F3N5O/c1-11(13-7-6-8-15(19(13)23)22(24,25)21(3,4)31)28-20-14-9-16(26)18(27-5)10-17(14)29-12(2)30-20/h6-11,27,31H,26H2,1-5H3,(H,28,29,30)/t11-/m1/s1. The zero-order valence-electron chi connectivity index (χ0n) is 18.0. The van der Waals surface area contributed by atoms with E-state index in [2.05, 4.69) is 20.6 Å². The van der Waals surface area contributed by atoms with Crippen LogP contribution in [-0.4, -0.2) is 27.7 Å². The van der Waals surface area contributed by atoms with Gasteiger partial charge in [0.05, 0.1) is 28.5 Å². The van der Waals surface area contributed by atoms with Crippen molar-refractivity contribution in [1.29, 1.82) is 0 Å². The highest BCUT2D eigenvalue weighted by molar-refractivity contribution is 5.95. The smallest absolute Gasteiger partial charge is 0.303 e. The van der Waals surface area contributed by atoms with Gasteiger partial charge in [0.2, 0.25) is 0 Å². The maximum atomic E-state index is 15.1. The van der Waals surface area contributed by atoms with E-state index in [0.29, 0.717) is 33.9 Å². The molecule has 3 aromatic rings. The topological polar surface area (TPSA) is 96.1 Å². The Morgan fingerprint density at radius 3 is 2.45 bits per heavy atom. The third-order valence-corrected chi connectivity index (χ3v) is 5.20. The lowest BCUT2D eigenvalue weighted by atomic mass is 9.91. The molecular formula is C22H26F3N5O. The van der Waals surface area contributed by atoms with E-state index in [4.69, 9.17) is 5.73 Å². The van der Waals surface area contributed by atoms with Crippen LogP contribution in [0.3, 0.4) is 0 Å². The molecule has 3 rings (SSSR count). The van der Waals surface area contributed by atoms with Crippen LogP contribution >= 0.6 is 0 Å². The van der Waals surface area contributed by atoms with Crippen molar-refractivity contribution in [3.05, 3.63) is 53.1 Å². The molecule has 5 N–H and O–H groups in total. The van der Waals surface area contributed by atoms with Gasteiger partial charge in [0.15, 0.2) is 0 Å². The molecule has 0 radical (unpaired) electrons. The predicted octanol–water partition coefficient (Wildman–Crippen LogP) is 4.74. The number of alkyl halides is 2. The molecule has 1 aromatic heterocycles. The van der Waals surface area contributed by atoms with E-state index in [0.717, 1.165) is 19.9 Å². The van der Waals surface area contributed by atoms with E-state index < -0.39 is 28.9 Å². The first kappa shape index (κ1) is 22.6. The Balaban J connectivity index is 2.05. The SMILES string of the molecule is CNc1cc2nc(C)nc(N[C@H](C)c3cccc(C(F)(F)C(C)(C)O)c3F)c2cc1N. The number of hydrogen-bond donors (Lipinski definition) is 4. The highest BCUT2D eigenvalue weighted by Gasteiger charge is 2.49. The number of aromatic nitrogens is 2. The van der Waals surface area contributed by atoms with E-state index in [9.17, 15) is 13.9 Å². The monoisotopic (exact) mass is 433 g/mol. The first-order valence-electron chi connectivity index (χ1n) is 9.78. The summed E-state index contributed by atoms with van der Waals surface area (Å²) in [7, 11) is 1.74. The maximum absolute atomic E-state index is 15.1. The van der Waals surface area contributed by atoms with Crippen molar-refractivity contribution < 1.29 is 18.3 Å². The molecule has 1 heterocycles. The Morgan fingerprint density at radius 1 is 1.16 bits per heavy atom. The van der Waals surface area contributed by atoms with Gasteiger partial charge in [-0.1, -0.05) is 12.1 Å². The van der Waals surface area contributed by atoms with Crippen molar-refractivity contribution in [2.75, 3.05) is 23.4 Å². The average Bonchev–Trinajstić information content (AvgIpc) is 2.67. The van der Waals surface area contributed by atoms with Gasteiger partial charge < -0.3 is 21.5 Å².